The monoisotopic (exact) mass is 309 g/mol. The van der Waals surface area contributed by atoms with Crippen molar-refractivity contribution in [3.63, 3.8) is 0 Å². The van der Waals surface area contributed by atoms with E-state index in [0.29, 0.717) is 12.4 Å². The van der Waals surface area contributed by atoms with Crippen LogP contribution in [-0.2, 0) is 4.79 Å². The van der Waals surface area contributed by atoms with Gasteiger partial charge >= 0.3 is 0 Å². The zero-order valence-corrected chi connectivity index (χ0v) is 13.4. The number of hydrogen-bond acceptors (Lipinski definition) is 3. The fourth-order valence-corrected chi connectivity index (χ4v) is 2.50. The third kappa shape index (κ3) is 2.97. The molecule has 0 aliphatic heterocycles. The van der Waals surface area contributed by atoms with E-state index in [2.05, 4.69) is 10.3 Å². The van der Waals surface area contributed by atoms with Crippen molar-refractivity contribution in [3.05, 3.63) is 24.0 Å². The molecule has 1 aromatic carbocycles. The Bertz CT molecular complexity index is 652. The molecule has 1 aromatic heterocycles. The molecule has 0 bridgehead atoms. The predicted octanol–water partition coefficient (Wildman–Crippen LogP) is 3.04. The van der Waals surface area contributed by atoms with Gasteiger partial charge in [0.25, 0.3) is 0 Å². The van der Waals surface area contributed by atoms with Crippen molar-refractivity contribution >= 4 is 28.5 Å². The van der Waals surface area contributed by atoms with E-state index in [1.54, 1.807) is 7.11 Å². The van der Waals surface area contributed by atoms with Crippen LogP contribution in [0, 0.1) is 0 Å². The van der Waals surface area contributed by atoms with Crippen molar-refractivity contribution < 1.29 is 9.53 Å². The number of nitrogens with one attached hydrogen (secondary N) is 1. The van der Waals surface area contributed by atoms with Gasteiger partial charge in [0.1, 0.15) is 17.6 Å². The Morgan fingerprint density at radius 1 is 1.48 bits per heavy atom. The van der Waals surface area contributed by atoms with E-state index in [4.69, 9.17) is 16.3 Å². The fourth-order valence-electron chi connectivity index (χ4n) is 2.35. The van der Waals surface area contributed by atoms with E-state index in [1.165, 1.54) is 0 Å². The van der Waals surface area contributed by atoms with Gasteiger partial charge in [-0.1, -0.05) is 0 Å². The summed E-state index contributed by atoms with van der Waals surface area (Å²) in [6, 6.07) is 5.23. The summed E-state index contributed by atoms with van der Waals surface area (Å²) in [4.78, 5) is 16.7. The minimum absolute atomic E-state index is 0.0498. The van der Waals surface area contributed by atoms with E-state index in [9.17, 15) is 4.79 Å². The first kappa shape index (κ1) is 15.6. The van der Waals surface area contributed by atoms with Crippen molar-refractivity contribution in [2.24, 2.45) is 0 Å². The largest absolute Gasteiger partial charge is 0.497 e. The molecule has 1 amide bonds. The summed E-state index contributed by atoms with van der Waals surface area (Å²) >= 11 is 6.23. The lowest BCUT2D eigenvalue weighted by Gasteiger charge is -2.18. The molecule has 21 heavy (non-hydrogen) atoms. The smallest absolute Gasteiger partial charge is 0.242 e. The Hall–Kier alpha value is -1.75. The minimum Gasteiger partial charge on any atom is -0.497 e. The molecule has 5 nitrogen and oxygen atoms in total. The molecule has 0 saturated heterocycles. The number of hydrogen-bond donors (Lipinski definition) is 1. The molecule has 114 valence electrons. The van der Waals surface area contributed by atoms with Crippen molar-refractivity contribution in [2.45, 2.75) is 32.2 Å². The second-order valence-electron chi connectivity index (χ2n) is 4.88. The molecule has 6 heteroatoms. The molecule has 0 saturated carbocycles. The van der Waals surface area contributed by atoms with Gasteiger partial charge in [0, 0.05) is 12.6 Å². The SMILES string of the molecule is CCNC(=O)C(C)n1c(C(C)Cl)nc2cc(OC)ccc21. The van der Waals surface area contributed by atoms with Gasteiger partial charge in [-0.3, -0.25) is 4.79 Å². The maximum atomic E-state index is 12.2. The highest BCUT2D eigenvalue weighted by atomic mass is 35.5. The number of imidazole rings is 1. The average Bonchev–Trinajstić information content (AvgIpc) is 2.85. The average molecular weight is 310 g/mol. The third-order valence-corrected chi connectivity index (χ3v) is 3.59. The summed E-state index contributed by atoms with van der Waals surface area (Å²) in [5.41, 5.74) is 1.64. The molecule has 2 rings (SSSR count). The number of alkyl halides is 1. The summed E-state index contributed by atoms with van der Waals surface area (Å²) < 4.78 is 7.10. The van der Waals surface area contributed by atoms with Crippen LogP contribution in [0.25, 0.3) is 11.0 Å². The van der Waals surface area contributed by atoms with Crippen LogP contribution in [0.3, 0.4) is 0 Å². The quantitative estimate of drug-likeness (QED) is 0.864. The van der Waals surface area contributed by atoms with Gasteiger partial charge in [-0.15, -0.1) is 11.6 Å². The summed E-state index contributed by atoms with van der Waals surface area (Å²) in [5.74, 6) is 1.36. The number of fused-ring (bicyclic) bond motifs is 1. The number of carbonyl (C=O) groups is 1. The van der Waals surface area contributed by atoms with Crippen LogP contribution in [0.4, 0.5) is 0 Å². The Kier molecular flexibility index (Phi) is 4.73. The Morgan fingerprint density at radius 3 is 2.76 bits per heavy atom. The number of ether oxygens (including phenoxy) is 1. The topological polar surface area (TPSA) is 56.2 Å². The molecular formula is C15H20ClN3O2. The maximum absolute atomic E-state index is 12.2. The van der Waals surface area contributed by atoms with Gasteiger partial charge < -0.3 is 14.6 Å². The fraction of sp³-hybridized carbons (Fsp3) is 0.467. The Labute approximate surface area is 129 Å². The number of amides is 1. The summed E-state index contributed by atoms with van der Waals surface area (Å²) in [6.07, 6.45) is 0. The molecule has 2 unspecified atom stereocenters. The minimum atomic E-state index is -0.375. The van der Waals surface area contributed by atoms with Crippen molar-refractivity contribution in [1.82, 2.24) is 14.9 Å². The number of aromatic nitrogens is 2. The van der Waals surface area contributed by atoms with Gasteiger partial charge in [0.15, 0.2) is 0 Å². The number of rotatable bonds is 5. The van der Waals surface area contributed by atoms with Crippen LogP contribution in [0.2, 0.25) is 0 Å². The van der Waals surface area contributed by atoms with Crippen LogP contribution in [0.15, 0.2) is 18.2 Å². The first-order chi connectivity index (χ1) is 9.99. The van der Waals surface area contributed by atoms with E-state index in [0.717, 1.165) is 16.8 Å². The second kappa shape index (κ2) is 6.35. The molecule has 0 fully saturated rings. The van der Waals surface area contributed by atoms with Gasteiger partial charge in [-0.25, -0.2) is 4.98 Å². The van der Waals surface area contributed by atoms with Crippen LogP contribution in [0.5, 0.6) is 5.75 Å². The lowest BCUT2D eigenvalue weighted by molar-refractivity contribution is -0.123. The molecule has 0 spiro atoms. The van der Waals surface area contributed by atoms with E-state index in [-0.39, 0.29) is 17.3 Å². The molecular weight excluding hydrogens is 290 g/mol. The highest BCUT2D eigenvalue weighted by molar-refractivity contribution is 6.20. The van der Waals surface area contributed by atoms with E-state index in [1.807, 2.05) is 43.5 Å². The highest BCUT2D eigenvalue weighted by Gasteiger charge is 2.23. The maximum Gasteiger partial charge on any atom is 0.242 e. The molecule has 1 heterocycles. The third-order valence-electron chi connectivity index (χ3n) is 3.40. The number of carbonyl (C=O) groups excluding carboxylic acids is 1. The zero-order chi connectivity index (χ0) is 15.6. The summed E-state index contributed by atoms with van der Waals surface area (Å²) in [7, 11) is 1.61. The number of nitrogens with zero attached hydrogens (tertiary/aromatic N) is 2. The van der Waals surface area contributed by atoms with Gasteiger partial charge in [0.05, 0.1) is 23.5 Å². The first-order valence-corrected chi connectivity index (χ1v) is 7.40. The normalized spacial score (nSPS) is 14.0. The van der Waals surface area contributed by atoms with Crippen LogP contribution in [-0.4, -0.2) is 29.1 Å². The predicted molar refractivity (Wildman–Crippen MR) is 83.9 cm³/mol. The van der Waals surface area contributed by atoms with Crippen LogP contribution in [0.1, 0.15) is 38.0 Å². The number of halogens is 1. The van der Waals surface area contributed by atoms with Crippen molar-refractivity contribution in [2.75, 3.05) is 13.7 Å². The van der Waals surface area contributed by atoms with Gasteiger partial charge in [0.2, 0.25) is 5.91 Å². The molecule has 2 aromatic rings. The Balaban J connectivity index is 2.58. The van der Waals surface area contributed by atoms with Gasteiger partial charge in [-0.05, 0) is 32.9 Å². The lowest BCUT2D eigenvalue weighted by Crippen LogP contribution is -2.31. The summed E-state index contributed by atoms with van der Waals surface area (Å²) in [6.45, 7) is 6.18. The zero-order valence-electron chi connectivity index (χ0n) is 12.7. The summed E-state index contributed by atoms with van der Waals surface area (Å²) in [5, 5.41) is 2.54. The van der Waals surface area contributed by atoms with Gasteiger partial charge in [-0.2, -0.15) is 0 Å². The number of methoxy groups -OCH3 is 1. The molecule has 2 atom stereocenters. The second-order valence-corrected chi connectivity index (χ2v) is 5.54. The number of likely N-dealkylation sites (N-methyl/N-ethyl adjacent to an activating group) is 1. The van der Waals surface area contributed by atoms with Crippen molar-refractivity contribution in [1.29, 1.82) is 0 Å². The first-order valence-electron chi connectivity index (χ1n) is 6.97. The number of benzene rings is 1. The Morgan fingerprint density at radius 2 is 2.19 bits per heavy atom. The molecule has 0 aliphatic carbocycles. The highest BCUT2D eigenvalue weighted by Crippen LogP contribution is 2.30. The standard InChI is InChI=1S/C15H20ClN3O2/c1-5-17-15(20)10(3)19-13-7-6-11(21-4)8-12(13)18-14(19)9(2)16/h6-10H,5H2,1-4H3,(H,17,20). The molecule has 0 aliphatic rings. The van der Waals surface area contributed by atoms with E-state index < -0.39 is 0 Å². The van der Waals surface area contributed by atoms with E-state index >= 15 is 0 Å². The molecule has 1 N–H and O–H groups in total. The molecule has 0 radical (unpaired) electrons. The van der Waals surface area contributed by atoms with Crippen LogP contribution < -0.4 is 10.1 Å². The van der Waals surface area contributed by atoms with Crippen molar-refractivity contribution in [3.8, 4) is 5.75 Å². The van der Waals surface area contributed by atoms with Crippen LogP contribution >= 0.6 is 11.6 Å². The lowest BCUT2D eigenvalue weighted by atomic mass is 10.2.